The van der Waals surface area contributed by atoms with Crippen molar-refractivity contribution in [1.29, 1.82) is 0 Å². The predicted octanol–water partition coefficient (Wildman–Crippen LogP) is 6.34. The minimum atomic E-state index is -0.326. The van der Waals surface area contributed by atoms with Crippen molar-refractivity contribution in [3.8, 4) is 0 Å². The van der Waals surface area contributed by atoms with Gasteiger partial charge in [-0.2, -0.15) is 0 Å². The maximum Gasteiger partial charge on any atom is 0.226 e. The van der Waals surface area contributed by atoms with E-state index in [1.54, 1.807) is 0 Å². The number of rotatable bonds is 5. The molecule has 0 heterocycles. The van der Waals surface area contributed by atoms with Crippen molar-refractivity contribution in [1.82, 2.24) is 5.32 Å². The lowest BCUT2D eigenvalue weighted by Crippen LogP contribution is -2.55. The van der Waals surface area contributed by atoms with Gasteiger partial charge in [0, 0.05) is 11.5 Å². The number of benzene rings is 1. The fraction of sp³-hybridized carbons (Fsp3) is 0.731. The molecule has 1 aromatic rings. The first-order chi connectivity index (χ1) is 13.9. The number of nitrogens with one attached hydrogen (secondary N) is 1. The van der Waals surface area contributed by atoms with E-state index < -0.39 is 0 Å². The van der Waals surface area contributed by atoms with Gasteiger partial charge in [0.15, 0.2) is 0 Å². The molecular formula is C26H38FNO. The lowest BCUT2D eigenvalue weighted by Gasteiger charge is -2.58. The molecule has 3 aliphatic rings. The van der Waals surface area contributed by atoms with Gasteiger partial charge in [-0.15, -0.1) is 0 Å². The summed E-state index contributed by atoms with van der Waals surface area (Å²) >= 11 is 0. The normalized spacial score (nSPS) is 37.8. The Balaban J connectivity index is 1.62. The summed E-state index contributed by atoms with van der Waals surface area (Å²) in [5.74, 6) is 0.764. The highest BCUT2D eigenvalue weighted by Gasteiger charge is 2.56. The quantitative estimate of drug-likeness (QED) is 0.615. The Kier molecular flexibility index (Phi) is 5.79. The van der Waals surface area contributed by atoms with Crippen molar-refractivity contribution < 1.29 is 9.18 Å². The average molecular weight is 400 g/mol. The Bertz CT molecular complexity index is 715. The van der Waals surface area contributed by atoms with E-state index in [9.17, 15) is 9.18 Å². The molecule has 3 aliphatic carbocycles. The van der Waals surface area contributed by atoms with Gasteiger partial charge in [0.1, 0.15) is 0 Å². The molecule has 0 aliphatic heterocycles. The Labute approximate surface area is 176 Å². The van der Waals surface area contributed by atoms with Gasteiger partial charge < -0.3 is 5.32 Å². The van der Waals surface area contributed by atoms with Crippen molar-refractivity contribution in [3.63, 3.8) is 0 Å². The van der Waals surface area contributed by atoms with Crippen LogP contribution < -0.4 is 5.32 Å². The monoisotopic (exact) mass is 399 g/mol. The standard InChI is InChI=1S/C26H38FNO/c1-24(13-14-27)15-20-16-25(2,23(29)28-22-11-7-4-8-12-22)19-26(17-20,18-24)21-9-5-3-6-10-21/h3,5-6,9-10,20,22H,4,7-8,11-19H2,1-2H3,(H,28,29)/t20?,24-,25?,26?/m0/s1. The number of halogens is 1. The van der Waals surface area contributed by atoms with Crippen molar-refractivity contribution >= 4 is 5.91 Å². The summed E-state index contributed by atoms with van der Waals surface area (Å²) in [7, 11) is 0. The Morgan fingerprint density at radius 3 is 2.45 bits per heavy atom. The molecule has 1 aromatic carbocycles. The first-order valence-electron chi connectivity index (χ1n) is 11.8. The summed E-state index contributed by atoms with van der Waals surface area (Å²) in [6, 6.07) is 11.1. The summed E-state index contributed by atoms with van der Waals surface area (Å²) in [5, 5.41) is 3.43. The van der Waals surface area contributed by atoms with Crippen LogP contribution in [0.2, 0.25) is 0 Å². The van der Waals surface area contributed by atoms with Crippen molar-refractivity contribution in [2.45, 2.75) is 95.9 Å². The topological polar surface area (TPSA) is 29.1 Å². The maximum absolute atomic E-state index is 13.5. The van der Waals surface area contributed by atoms with Gasteiger partial charge >= 0.3 is 0 Å². The summed E-state index contributed by atoms with van der Waals surface area (Å²) < 4.78 is 13.4. The second-order valence-corrected chi connectivity index (χ2v) is 11.1. The molecule has 160 valence electrons. The molecule has 0 aromatic heterocycles. The first kappa shape index (κ1) is 20.9. The highest BCUT2D eigenvalue weighted by atomic mass is 19.1. The highest BCUT2D eigenvalue weighted by Crippen LogP contribution is 2.62. The Morgan fingerprint density at radius 1 is 1.03 bits per heavy atom. The fourth-order valence-electron chi connectivity index (χ4n) is 7.33. The molecule has 2 bridgehead atoms. The molecule has 3 saturated carbocycles. The summed E-state index contributed by atoms with van der Waals surface area (Å²) in [5.41, 5.74) is 1.05. The third kappa shape index (κ3) is 4.25. The third-order valence-corrected chi connectivity index (χ3v) is 8.27. The minimum Gasteiger partial charge on any atom is -0.353 e. The molecule has 3 fully saturated rings. The van der Waals surface area contributed by atoms with Gasteiger partial charge in [-0.05, 0) is 73.7 Å². The zero-order valence-electron chi connectivity index (χ0n) is 18.3. The first-order valence-corrected chi connectivity index (χ1v) is 11.8. The number of amides is 1. The van der Waals surface area contributed by atoms with Crippen LogP contribution in [0, 0.1) is 16.7 Å². The van der Waals surface area contributed by atoms with Crippen molar-refractivity contribution in [2.24, 2.45) is 16.7 Å². The van der Waals surface area contributed by atoms with E-state index in [1.807, 2.05) is 0 Å². The molecule has 1 amide bonds. The van der Waals surface area contributed by atoms with Crippen LogP contribution in [-0.2, 0) is 10.2 Å². The molecule has 0 saturated heterocycles. The molecule has 2 nitrogen and oxygen atoms in total. The van der Waals surface area contributed by atoms with Crippen LogP contribution in [0.5, 0.6) is 0 Å². The van der Waals surface area contributed by atoms with E-state index >= 15 is 0 Å². The van der Waals surface area contributed by atoms with Crippen LogP contribution in [0.1, 0.15) is 90.0 Å². The van der Waals surface area contributed by atoms with Crippen LogP contribution in [0.4, 0.5) is 4.39 Å². The summed E-state index contributed by atoms with van der Waals surface area (Å²) in [4.78, 5) is 13.5. The summed E-state index contributed by atoms with van der Waals surface area (Å²) in [6.45, 7) is 4.24. The van der Waals surface area contributed by atoms with Gasteiger partial charge in [-0.1, -0.05) is 63.4 Å². The second kappa shape index (κ2) is 8.04. The van der Waals surface area contributed by atoms with Crippen LogP contribution in [0.15, 0.2) is 30.3 Å². The highest BCUT2D eigenvalue weighted by molar-refractivity contribution is 5.83. The largest absolute Gasteiger partial charge is 0.353 e. The molecule has 4 atom stereocenters. The zero-order valence-corrected chi connectivity index (χ0v) is 18.3. The van der Waals surface area contributed by atoms with Crippen LogP contribution in [0.25, 0.3) is 0 Å². The minimum absolute atomic E-state index is 0.00893. The SMILES string of the molecule is CC1(C(=O)NC2CCCCC2)CC2CC(c3ccccc3)(C1)C[C@@](C)(CCF)C2. The number of carbonyl (C=O) groups excluding carboxylic acids is 1. The molecule has 3 heteroatoms. The maximum atomic E-state index is 13.5. The molecule has 29 heavy (non-hydrogen) atoms. The second-order valence-electron chi connectivity index (χ2n) is 11.1. The van der Waals surface area contributed by atoms with E-state index in [4.69, 9.17) is 0 Å². The molecule has 0 spiro atoms. The zero-order chi connectivity index (χ0) is 20.5. The van der Waals surface area contributed by atoms with Crippen molar-refractivity contribution in [3.05, 3.63) is 35.9 Å². The Morgan fingerprint density at radius 2 is 1.76 bits per heavy atom. The van der Waals surface area contributed by atoms with Gasteiger partial charge in [0.25, 0.3) is 0 Å². The molecular weight excluding hydrogens is 361 g/mol. The molecule has 1 N–H and O–H groups in total. The van der Waals surface area contributed by atoms with Crippen molar-refractivity contribution in [2.75, 3.05) is 6.67 Å². The van der Waals surface area contributed by atoms with Gasteiger partial charge in [0.2, 0.25) is 5.91 Å². The number of carbonyl (C=O) groups is 1. The number of alkyl halides is 1. The average Bonchev–Trinajstić information content (AvgIpc) is 2.68. The smallest absolute Gasteiger partial charge is 0.226 e. The van der Waals surface area contributed by atoms with Gasteiger partial charge in [-0.25, -0.2) is 0 Å². The Hall–Kier alpha value is -1.38. The van der Waals surface area contributed by atoms with E-state index in [1.165, 1.54) is 24.8 Å². The van der Waals surface area contributed by atoms with E-state index in [0.717, 1.165) is 44.9 Å². The number of fused-ring (bicyclic) bond motifs is 2. The van der Waals surface area contributed by atoms with E-state index in [-0.39, 0.29) is 28.8 Å². The number of hydrogen-bond donors (Lipinski definition) is 1. The lowest BCUT2D eigenvalue weighted by atomic mass is 9.47. The summed E-state index contributed by atoms with van der Waals surface area (Å²) in [6.07, 6.45) is 11.7. The van der Waals surface area contributed by atoms with Gasteiger partial charge in [0.05, 0.1) is 6.67 Å². The molecule has 3 unspecified atom stereocenters. The third-order valence-electron chi connectivity index (χ3n) is 8.27. The van der Waals surface area contributed by atoms with Crippen LogP contribution in [-0.4, -0.2) is 18.6 Å². The lowest BCUT2D eigenvalue weighted by molar-refractivity contribution is -0.139. The van der Waals surface area contributed by atoms with Crippen LogP contribution in [0.3, 0.4) is 0 Å². The number of hydrogen-bond acceptors (Lipinski definition) is 1. The predicted molar refractivity (Wildman–Crippen MR) is 117 cm³/mol. The fourth-order valence-corrected chi connectivity index (χ4v) is 7.33. The van der Waals surface area contributed by atoms with Gasteiger partial charge in [-0.3, -0.25) is 9.18 Å². The van der Waals surface area contributed by atoms with Crippen LogP contribution >= 0.6 is 0 Å². The van der Waals surface area contributed by atoms with E-state index in [2.05, 4.69) is 49.5 Å². The van der Waals surface area contributed by atoms with E-state index in [0.29, 0.717) is 18.4 Å². The molecule has 0 radical (unpaired) electrons. The molecule has 4 rings (SSSR count).